The lowest BCUT2D eigenvalue weighted by Gasteiger charge is -2.42. The molecule has 0 saturated carbocycles. The van der Waals surface area contributed by atoms with Crippen LogP contribution < -0.4 is 14.5 Å². The van der Waals surface area contributed by atoms with Crippen LogP contribution in [0.25, 0.3) is 16.5 Å². The molecule has 2 bridgehead atoms. The molecule has 3 fully saturated rings. The lowest BCUT2D eigenvalue weighted by atomic mass is 9.96. The number of benzene rings is 2. The first-order valence-electron chi connectivity index (χ1n) is 16.6. The molecule has 3 saturated heterocycles. The molecule has 12 heteroatoms. The van der Waals surface area contributed by atoms with Gasteiger partial charge in [-0.2, -0.15) is 4.98 Å². The van der Waals surface area contributed by atoms with E-state index >= 15 is 0 Å². The molecule has 1 N–H and O–H groups in total. The highest BCUT2D eigenvalue weighted by atomic mass is 19.1. The number of aliphatic imine (C=N–C) groups is 1. The van der Waals surface area contributed by atoms with Gasteiger partial charge in [-0.15, -0.1) is 0 Å². The average Bonchev–Trinajstić information content (AvgIpc) is 3.32. The van der Waals surface area contributed by atoms with E-state index in [0.29, 0.717) is 55.0 Å². The first kappa shape index (κ1) is 33.6. The molecule has 1 aromatic heterocycles. The molecule has 0 spiro atoms. The van der Waals surface area contributed by atoms with Crippen LogP contribution in [0.4, 0.5) is 21.0 Å². The zero-order valence-electron chi connectivity index (χ0n) is 28.4. The molecular weight excluding hydrogens is 615 g/mol. The number of amides is 1. The Kier molecular flexibility index (Phi) is 9.57. The number of aliphatic hydroxyl groups excluding tert-OH is 1. The Bertz CT molecular complexity index is 1710. The number of β-amino-alcohol motifs (C(OH)–C–C–N with tert-alkyl or cyclic N) is 1. The summed E-state index contributed by atoms with van der Waals surface area (Å²) in [5.41, 5.74) is 2.48. The zero-order valence-corrected chi connectivity index (χ0v) is 28.4. The third-order valence-corrected chi connectivity index (χ3v) is 9.07. The summed E-state index contributed by atoms with van der Waals surface area (Å²) in [6, 6.07) is 9.84. The molecule has 48 heavy (non-hydrogen) atoms. The van der Waals surface area contributed by atoms with E-state index in [4.69, 9.17) is 24.2 Å². The van der Waals surface area contributed by atoms with Crippen LogP contribution >= 0.6 is 0 Å². The number of carbonyl (C=O) groups is 1. The molecule has 2 aromatic carbocycles. The summed E-state index contributed by atoms with van der Waals surface area (Å²) in [6.45, 7) is 13.1. The van der Waals surface area contributed by atoms with Crippen LogP contribution in [-0.2, 0) is 22.6 Å². The monoisotopic (exact) mass is 660 g/mol. The maximum atomic E-state index is 14.8. The SMILES string of the molecule is C=C(/N=C\c1c(CF)nc(N2CC(O)C2)nc1N1CC2CCC(C1)N2C(=O)OC(C)(C)C)c1cc(OCOC)cc2cccc(CC)c12. The van der Waals surface area contributed by atoms with E-state index < -0.39 is 18.4 Å². The zero-order chi connectivity index (χ0) is 34.2. The summed E-state index contributed by atoms with van der Waals surface area (Å²) in [5.74, 6) is 1.53. The summed E-state index contributed by atoms with van der Waals surface area (Å²) < 4.78 is 31.5. The van der Waals surface area contributed by atoms with Gasteiger partial charge in [0.1, 0.15) is 23.8 Å². The second-order valence-corrected chi connectivity index (χ2v) is 13.7. The van der Waals surface area contributed by atoms with Crippen LogP contribution in [0.2, 0.25) is 0 Å². The predicted molar refractivity (Wildman–Crippen MR) is 185 cm³/mol. The Labute approximate surface area is 281 Å². The van der Waals surface area contributed by atoms with E-state index in [1.807, 2.05) is 54.8 Å². The number of hydrogen-bond donors (Lipinski definition) is 1. The third kappa shape index (κ3) is 6.82. The van der Waals surface area contributed by atoms with Gasteiger partial charge >= 0.3 is 6.09 Å². The maximum absolute atomic E-state index is 14.8. The molecule has 2 unspecified atom stereocenters. The fourth-order valence-corrected chi connectivity index (χ4v) is 6.84. The number of halogens is 1. The molecule has 11 nitrogen and oxygen atoms in total. The largest absolute Gasteiger partial charge is 0.468 e. The van der Waals surface area contributed by atoms with Crippen molar-refractivity contribution in [1.29, 1.82) is 0 Å². The van der Waals surface area contributed by atoms with Crippen LogP contribution in [0, 0.1) is 0 Å². The highest BCUT2D eigenvalue weighted by Gasteiger charge is 2.45. The number of anilines is 2. The quantitative estimate of drug-likeness (QED) is 0.222. The molecule has 3 aliphatic heterocycles. The third-order valence-electron chi connectivity index (χ3n) is 9.07. The number of aliphatic hydroxyl groups is 1. The van der Waals surface area contributed by atoms with Gasteiger partial charge in [-0.1, -0.05) is 31.7 Å². The van der Waals surface area contributed by atoms with Crippen molar-refractivity contribution in [2.75, 3.05) is 49.9 Å². The van der Waals surface area contributed by atoms with Gasteiger partial charge in [0, 0.05) is 45.1 Å². The number of methoxy groups -OCH3 is 1. The van der Waals surface area contributed by atoms with Crippen molar-refractivity contribution in [3.05, 3.63) is 59.3 Å². The Morgan fingerprint density at radius 2 is 1.85 bits per heavy atom. The van der Waals surface area contributed by atoms with Crippen LogP contribution in [0.5, 0.6) is 5.75 Å². The van der Waals surface area contributed by atoms with Crippen LogP contribution in [-0.4, -0.2) is 96.2 Å². The second kappa shape index (κ2) is 13.7. The summed E-state index contributed by atoms with van der Waals surface area (Å²) in [6.07, 6.45) is 3.29. The minimum absolute atomic E-state index is 0.0786. The van der Waals surface area contributed by atoms with Crippen molar-refractivity contribution in [3.8, 4) is 5.75 Å². The molecule has 1 amide bonds. The number of aryl methyl sites for hydroxylation is 1. The first-order valence-corrected chi connectivity index (χ1v) is 16.6. The van der Waals surface area contributed by atoms with Crippen molar-refractivity contribution < 1.29 is 28.5 Å². The van der Waals surface area contributed by atoms with Gasteiger partial charge in [0.05, 0.1) is 35.1 Å². The van der Waals surface area contributed by atoms with Gasteiger partial charge in [-0.05, 0) is 68.5 Å². The molecule has 0 radical (unpaired) electrons. The smallest absolute Gasteiger partial charge is 0.410 e. The number of piperazine rings is 1. The predicted octanol–water partition coefficient (Wildman–Crippen LogP) is 5.50. The Hall–Kier alpha value is -4.29. The molecule has 4 heterocycles. The fraction of sp³-hybridized carbons (Fsp3) is 0.500. The number of hydrogen-bond acceptors (Lipinski definition) is 10. The van der Waals surface area contributed by atoms with E-state index in [9.17, 15) is 14.3 Å². The van der Waals surface area contributed by atoms with Gasteiger partial charge < -0.3 is 29.1 Å². The van der Waals surface area contributed by atoms with Crippen molar-refractivity contribution in [1.82, 2.24) is 14.9 Å². The van der Waals surface area contributed by atoms with Crippen molar-refractivity contribution in [3.63, 3.8) is 0 Å². The number of fused-ring (bicyclic) bond motifs is 3. The number of alkyl halides is 1. The van der Waals surface area contributed by atoms with Crippen LogP contribution in [0.1, 0.15) is 62.9 Å². The summed E-state index contributed by atoms with van der Waals surface area (Å²) >= 11 is 0. The normalized spacial score (nSPS) is 19.7. The number of nitrogens with zero attached hydrogens (tertiary/aromatic N) is 6. The second-order valence-electron chi connectivity index (χ2n) is 13.7. The number of aromatic nitrogens is 2. The lowest BCUT2D eigenvalue weighted by Crippen LogP contribution is -2.57. The molecule has 3 aliphatic rings. The van der Waals surface area contributed by atoms with Crippen molar-refractivity contribution in [2.24, 2.45) is 4.99 Å². The van der Waals surface area contributed by atoms with Crippen LogP contribution in [0.15, 0.2) is 41.9 Å². The van der Waals surface area contributed by atoms with E-state index in [-0.39, 0.29) is 30.7 Å². The van der Waals surface area contributed by atoms with Gasteiger partial charge in [-0.25, -0.2) is 14.2 Å². The summed E-state index contributed by atoms with van der Waals surface area (Å²) in [5, 5.41) is 12.0. The number of rotatable bonds is 10. The Morgan fingerprint density at radius 3 is 2.48 bits per heavy atom. The van der Waals surface area contributed by atoms with E-state index in [1.165, 1.54) is 0 Å². The van der Waals surface area contributed by atoms with E-state index in [0.717, 1.165) is 41.2 Å². The summed E-state index contributed by atoms with van der Waals surface area (Å²) in [7, 11) is 1.57. The highest BCUT2D eigenvalue weighted by Crippen LogP contribution is 2.37. The van der Waals surface area contributed by atoms with E-state index in [2.05, 4.69) is 29.5 Å². The molecule has 3 aromatic rings. The maximum Gasteiger partial charge on any atom is 0.410 e. The van der Waals surface area contributed by atoms with Crippen molar-refractivity contribution in [2.45, 2.75) is 77.4 Å². The van der Waals surface area contributed by atoms with Gasteiger partial charge in [0.15, 0.2) is 6.79 Å². The van der Waals surface area contributed by atoms with Crippen LogP contribution in [0.3, 0.4) is 0 Å². The number of ether oxygens (including phenoxy) is 3. The minimum Gasteiger partial charge on any atom is -0.468 e. The van der Waals surface area contributed by atoms with Gasteiger partial charge in [0.25, 0.3) is 0 Å². The molecule has 0 aliphatic carbocycles. The highest BCUT2D eigenvalue weighted by molar-refractivity contribution is 5.99. The molecule has 256 valence electrons. The van der Waals surface area contributed by atoms with Crippen molar-refractivity contribution >= 4 is 40.5 Å². The summed E-state index contributed by atoms with van der Waals surface area (Å²) in [4.78, 5) is 33.3. The fourth-order valence-electron chi connectivity index (χ4n) is 6.84. The Morgan fingerprint density at radius 1 is 1.12 bits per heavy atom. The Balaban J connectivity index is 1.38. The molecule has 2 atom stereocenters. The van der Waals surface area contributed by atoms with E-state index in [1.54, 1.807) is 13.3 Å². The lowest BCUT2D eigenvalue weighted by molar-refractivity contribution is 0.0122. The standard InChI is InChI=1S/C36H45FN6O5/c1-7-23-9-8-10-24-13-28(47-21-46-6)14-29(32(23)24)22(2)38-16-30-31(15-37)39-34(42-19-27(44)20-42)40-33(30)41-17-25-11-12-26(18-41)43(25)35(45)48-36(3,4)5/h8-10,13-14,16,25-27,44H,2,7,11-12,15,17-21H2,1,3-6H3/b38-16-. The minimum atomic E-state index is -0.833. The van der Waals surface area contributed by atoms with Gasteiger partial charge in [-0.3, -0.25) is 9.89 Å². The average molecular weight is 661 g/mol. The molecule has 6 rings (SSSR count). The molecular formula is C36H45FN6O5. The van der Waals surface area contributed by atoms with Gasteiger partial charge in [0.2, 0.25) is 5.95 Å². The first-order chi connectivity index (χ1) is 23.0. The topological polar surface area (TPSA) is 113 Å². The number of carbonyl (C=O) groups excluding carboxylic acids is 1.